The fraction of sp³-hybridized carbons (Fsp3) is 0.533. The molecule has 106 valence electrons. The molecule has 0 fully saturated rings. The van der Waals surface area contributed by atoms with E-state index in [0.717, 1.165) is 30.9 Å². The largest absolute Gasteiger partial charge is 0.492 e. The van der Waals surface area contributed by atoms with Gasteiger partial charge in [-0.3, -0.25) is 4.79 Å². The number of carboxylic acids is 1. The van der Waals surface area contributed by atoms with E-state index in [-0.39, 0.29) is 6.42 Å². The van der Waals surface area contributed by atoms with Gasteiger partial charge >= 0.3 is 5.97 Å². The minimum Gasteiger partial charge on any atom is -0.492 e. The highest BCUT2D eigenvalue weighted by Crippen LogP contribution is 2.13. The number of hydrogen-bond acceptors (Lipinski definition) is 3. The van der Waals surface area contributed by atoms with E-state index >= 15 is 0 Å². The zero-order valence-electron chi connectivity index (χ0n) is 11.8. The number of benzene rings is 1. The van der Waals surface area contributed by atoms with Gasteiger partial charge < -0.3 is 14.7 Å². The van der Waals surface area contributed by atoms with E-state index in [0.29, 0.717) is 13.0 Å². The molecule has 4 nitrogen and oxygen atoms in total. The summed E-state index contributed by atoms with van der Waals surface area (Å²) in [7, 11) is 0. The van der Waals surface area contributed by atoms with Gasteiger partial charge in [-0.15, -0.1) is 0 Å². The predicted molar refractivity (Wildman–Crippen MR) is 75.7 cm³/mol. The summed E-state index contributed by atoms with van der Waals surface area (Å²) in [5.41, 5.74) is 1.03. The first-order valence-electron chi connectivity index (χ1n) is 6.81. The minimum atomic E-state index is -0.764. The normalized spacial score (nSPS) is 10.7. The Kier molecular flexibility index (Phi) is 6.97. The highest BCUT2D eigenvalue weighted by Gasteiger charge is 2.01. The van der Waals surface area contributed by atoms with Crippen molar-refractivity contribution in [3.63, 3.8) is 0 Å². The van der Waals surface area contributed by atoms with E-state index in [1.807, 2.05) is 24.3 Å². The molecule has 1 aromatic rings. The molecule has 0 aliphatic carbocycles. The molecule has 4 heteroatoms. The maximum absolute atomic E-state index is 10.5. The van der Waals surface area contributed by atoms with Crippen LogP contribution in [-0.2, 0) is 11.2 Å². The highest BCUT2D eigenvalue weighted by atomic mass is 16.5. The van der Waals surface area contributed by atoms with Crippen LogP contribution in [0.1, 0.15) is 25.8 Å². The van der Waals surface area contributed by atoms with Crippen LogP contribution in [0, 0.1) is 0 Å². The molecular weight excluding hydrogens is 242 g/mol. The summed E-state index contributed by atoms with van der Waals surface area (Å²) in [6.07, 6.45) is 0.733. The van der Waals surface area contributed by atoms with Crippen molar-refractivity contribution >= 4 is 5.97 Å². The van der Waals surface area contributed by atoms with Gasteiger partial charge in [-0.05, 0) is 37.2 Å². The third-order valence-corrected chi connectivity index (χ3v) is 3.12. The molecule has 0 saturated heterocycles. The van der Waals surface area contributed by atoms with Crippen LogP contribution in [0.4, 0.5) is 0 Å². The van der Waals surface area contributed by atoms with E-state index in [1.165, 1.54) is 0 Å². The van der Waals surface area contributed by atoms with E-state index < -0.39 is 5.97 Å². The molecule has 0 aromatic heterocycles. The van der Waals surface area contributed by atoms with E-state index in [9.17, 15) is 4.79 Å². The van der Waals surface area contributed by atoms with Crippen molar-refractivity contribution in [3.05, 3.63) is 29.8 Å². The maximum Gasteiger partial charge on any atom is 0.303 e. The lowest BCUT2D eigenvalue weighted by Crippen LogP contribution is -2.27. The number of likely N-dealkylation sites (N-methyl/N-ethyl adjacent to an activating group) is 1. The van der Waals surface area contributed by atoms with Crippen molar-refractivity contribution in [1.82, 2.24) is 4.90 Å². The maximum atomic E-state index is 10.5. The molecule has 0 spiro atoms. The highest BCUT2D eigenvalue weighted by molar-refractivity contribution is 5.67. The van der Waals surface area contributed by atoms with Crippen LogP contribution in [0.5, 0.6) is 5.75 Å². The topological polar surface area (TPSA) is 49.8 Å². The average Bonchev–Trinajstić information content (AvgIpc) is 2.42. The molecular formula is C15H23NO3. The molecule has 0 aliphatic rings. The average molecular weight is 265 g/mol. The van der Waals surface area contributed by atoms with Crippen LogP contribution in [0.3, 0.4) is 0 Å². The summed E-state index contributed by atoms with van der Waals surface area (Å²) in [4.78, 5) is 12.8. The molecule has 0 radical (unpaired) electrons. The summed E-state index contributed by atoms with van der Waals surface area (Å²) < 4.78 is 5.66. The van der Waals surface area contributed by atoms with Crippen molar-refractivity contribution in [3.8, 4) is 5.75 Å². The van der Waals surface area contributed by atoms with Crippen molar-refractivity contribution in [2.75, 3.05) is 26.2 Å². The monoisotopic (exact) mass is 265 g/mol. The Balaban J connectivity index is 2.33. The number of carbonyl (C=O) groups is 1. The molecule has 0 atom stereocenters. The lowest BCUT2D eigenvalue weighted by Gasteiger charge is -2.18. The van der Waals surface area contributed by atoms with Crippen LogP contribution in [0.2, 0.25) is 0 Å². The van der Waals surface area contributed by atoms with Gasteiger partial charge in [0.15, 0.2) is 0 Å². The van der Waals surface area contributed by atoms with Crippen LogP contribution in [0.15, 0.2) is 24.3 Å². The number of aryl methyl sites for hydroxylation is 1. The van der Waals surface area contributed by atoms with Crippen LogP contribution < -0.4 is 4.74 Å². The fourth-order valence-corrected chi connectivity index (χ4v) is 1.84. The van der Waals surface area contributed by atoms with Crippen LogP contribution in [0.25, 0.3) is 0 Å². The quantitative estimate of drug-likeness (QED) is 0.745. The number of hydrogen-bond donors (Lipinski definition) is 1. The van der Waals surface area contributed by atoms with Crippen molar-refractivity contribution in [2.24, 2.45) is 0 Å². The van der Waals surface area contributed by atoms with Gasteiger partial charge in [-0.25, -0.2) is 0 Å². The first kappa shape index (κ1) is 15.5. The predicted octanol–water partition coefficient (Wildman–Crippen LogP) is 2.42. The standard InChI is InChI=1S/C15H23NO3/c1-3-16(4-2)11-12-19-14-8-5-13(6-9-14)7-10-15(17)18/h5-6,8-9H,3-4,7,10-12H2,1-2H3,(H,17,18). The lowest BCUT2D eigenvalue weighted by atomic mass is 10.1. The molecule has 0 heterocycles. The number of carboxylic acid groups (broad SMARTS) is 1. The summed E-state index contributed by atoms with van der Waals surface area (Å²) in [5, 5.41) is 8.61. The van der Waals surface area contributed by atoms with E-state index in [1.54, 1.807) is 0 Å². The van der Waals surface area contributed by atoms with E-state index in [4.69, 9.17) is 9.84 Å². The van der Waals surface area contributed by atoms with Gasteiger partial charge in [0.25, 0.3) is 0 Å². The summed E-state index contributed by atoms with van der Waals surface area (Å²) in [6.45, 7) is 7.95. The Morgan fingerprint density at radius 1 is 1.21 bits per heavy atom. The Morgan fingerprint density at radius 2 is 1.84 bits per heavy atom. The van der Waals surface area contributed by atoms with Gasteiger partial charge in [0, 0.05) is 13.0 Å². The third-order valence-electron chi connectivity index (χ3n) is 3.12. The number of aliphatic carboxylic acids is 1. The van der Waals surface area contributed by atoms with Crippen molar-refractivity contribution in [2.45, 2.75) is 26.7 Å². The van der Waals surface area contributed by atoms with Gasteiger partial charge in [0.05, 0.1) is 0 Å². The Bertz CT molecular complexity index is 371. The second-order valence-corrected chi connectivity index (χ2v) is 4.41. The first-order chi connectivity index (χ1) is 9.15. The van der Waals surface area contributed by atoms with Crippen LogP contribution in [-0.4, -0.2) is 42.2 Å². The molecule has 19 heavy (non-hydrogen) atoms. The number of rotatable bonds is 9. The first-order valence-corrected chi connectivity index (χ1v) is 6.81. The van der Waals surface area contributed by atoms with Gasteiger partial charge in [0.1, 0.15) is 12.4 Å². The summed E-state index contributed by atoms with van der Waals surface area (Å²) in [6, 6.07) is 7.66. The SMILES string of the molecule is CCN(CC)CCOc1ccc(CCC(=O)O)cc1. The third kappa shape index (κ3) is 6.25. The minimum absolute atomic E-state index is 0.169. The molecule has 0 unspecified atom stereocenters. The van der Waals surface area contributed by atoms with Crippen molar-refractivity contribution < 1.29 is 14.6 Å². The second kappa shape index (κ2) is 8.53. The lowest BCUT2D eigenvalue weighted by molar-refractivity contribution is -0.136. The molecule has 1 aromatic carbocycles. The molecule has 0 saturated carbocycles. The molecule has 0 bridgehead atoms. The zero-order chi connectivity index (χ0) is 14.1. The van der Waals surface area contributed by atoms with Gasteiger partial charge in [-0.2, -0.15) is 0 Å². The Morgan fingerprint density at radius 3 is 2.37 bits per heavy atom. The molecule has 1 rings (SSSR count). The molecule has 1 N–H and O–H groups in total. The Labute approximate surface area is 115 Å². The number of ether oxygens (including phenoxy) is 1. The second-order valence-electron chi connectivity index (χ2n) is 4.41. The molecule has 0 aliphatic heterocycles. The zero-order valence-corrected chi connectivity index (χ0v) is 11.8. The van der Waals surface area contributed by atoms with E-state index in [2.05, 4.69) is 18.7 Å². The van der Waals surface area contributed by atoms with Gasteiger partial charge in [0.2, 0.25) is 0 Å². The fourth-order valence-electron chi connectivity index (χ4n) is 1.84. The summed E-state index contributed by atoms with van der Waals surface area (Å²) in [5.74, 6) is 0.0748. The summed E-state index contributed by atoms with van der Waals surface area (Å²) >= 11 is 0. The van der Waals surface area contributed by atoms with Crippen LogP contribution >= 0.6 is 0 Å². The van der Waals surface area contributed by atoms with Crippen molar-refractivity contribution in [1.29, 1.82) is 0 Å². The van der Waals surface area contributed by atoms with Gasteiger partial charge in [-0.1, -0.05) is 26.0 Å². The molecule has 0 amide bonds. The smallest absolute Gasteiger partial charge is 0.303 e. The number of nitrogens with zero attached hydrogens (tertiary/aromatic N) is 1. The Hall–Kier alpha value is -1.55.